The fourth-order valence-electron chi connectivity index (χ4n) is 3.90. The van der Waals surface area contributed by atoms with Crippen molar-refractivity contribution < 1.29 is 4.79 Å². The number of rotatable bonds is 5. The Hall–Kier alpha value is -4.31. The van der Waals surface area contributed by atoms with E-state index >= 15 is 0 Å². The minimum Gasteiger partial charge on any atom is -0.348 e. The van der Waals surface area contributed by atoms with Gasteiger partial charge in [0.1, 0.15) is 0 Å². The third-order valence-electron chi connectivity index (χ3n) is 5.87. The molecule has 5 rings (SSSR count). The molecule has 5 aromatic rings. The summed E-state index contributed by atoms with van der Waals surface area (Å²) in [6.45, 7) is 4.61. The van der Waals surface area contributed by atoms with E-state index < -0.39 is 0 Å². The molecule has 1 aromatic heterocycles. The minimum absolute atomic E-state index is 0.132. The summed E-state index contributed by atoms with van der Waals surface area (Å²) in [6.07, 6.45) is 0. The fourth-order valence-corrected chi connectivity index (χ4v) is 3.90. The maximum Gasteiger partial charge on any atom is 0.251 e. The van der Waals surface area contributed by atoms with Gasteiger partial charge in [0.15, 0.2) is 0 Å². The summed E-state index contributed by atoms with van der Waals surface area (Å²) in [5.74, 6) is -0.132. The molecule has 0 aliphatic carbocycles. The predicted molar refractivity (Wildman–Crippen MR) is 137 cm³/mol. The highest BCUT2D eigenvalue weighted by Gasteiger charge is 2.15. The summed E-state index contributed by atoms with van der Waals surface area (Å²) in [7, 11) is 0. The molecule has 0 unspecified atom stereocenters. The number of carbonyl (C=O) groups is 1. The van der Waals surface area contributed by atoms with Crippen molar-refractivity contribution in [2.45, 2.75) is 20.4 Å². The molecular weight excluding hydrogens is 418 g/mol. The van der Waals surface area contributed by atoms with Gasteiger partial charge < -0.3 is 5.32 Å². The maximum absolute atomic E-state index is 12.8. The highest BCUT2D eigenvalue weighted by atomic mass is 16.1. The Balaban J connectivity index is 1.55. The topological polar surface area (TPSA) is 54.9 Å². The molecule has 34 heavy (non-hydrogen) atoms. The molecule has 0 fully saturated rings. The number of fused-ring (bicyclic) bond motifs is 1. The van der Waals surface area contributed by atoms with Gasteiger partial charge in [0, 0.05) is 23.2 Å². The molecule has 0 atom stereocenters. The smallest absolute Gasteiger partial charge is 0.251 e. The molecule has 0 spiro atoms. The molecule has 0 radical (unpaired) electrons. The summed E-state index contributed by atoms with van der Waals surface area (Å²) in [4.78, 5) is 22.8. The molecular formula is C30H25N3O. The van der Waals surface area contributed by atoms with Gasteiger partial charge in [-0.2, -0.15) is 0 Å². The lowest BCUT2D eigenvalue weighted by Gasteiger charge is -2.12. The second-order valence-corrected chi connectivity index (χ2v) is 8.52. The van der Waals surface area contributed by atoms with Gasteiger partial charge in [-0.1, -0.05) is 90.0 Å². The number of aromatic nitrogens is 2. The second kappa shape index (κ2) is 9.28. The van der Waals surface area contributed by atoms with E-state index in [0.29, 0.717) is 17.6 Å². The monoisotopic (exact) mass is 443 g/mol. The van der Waals surface area contributed by atoms with E-state index in [1.165, 1.54) is 11.1 Å². The number of hydrogen-bond donors (Lipinski definition) is 1. The van der Waals surface area contributed by atoms with E-state index in [4.69, 9.17) is 9.97 Å². The molecule has 4 heteroatoms. The van der Waals surface area contributed by atoms with Crippen LogP contribution in [0.2, 0.25) is 0 Å². The molecule has 4 aromatic carbocycles. The summed E-state index contributed by atoms with van der Waals surface area (Å²) >= 11 is 0. The zero-order valence-corrected chi connectivity index (χ0v) is 19.2. The number of nitrogens with zero attached hydrogens (tertiary/aromatic N) is 2. The lowest BCUT2D eigenvalue weighted by atomic mass is 10.0. The normalized spacial score (nSPS) is 10.9. The van der Waals surface area contributed by atoms with Crippen LogP contribution < -0.4 is 5.32 Å². The van der Waals surface area contributed by atoms with Gasteiger partial charge in [-0.05, 0) is 37.6 Å². The Bertz CT molecular complexity index is 1460. The zero-order chi connectivity index (χ0) is 23.5. The van der Waals surface area contributed by atoms with Crippen molar-refractivity contribution in [3.8, 4) is 22.5 Å². The van der Waals surface area contributed by atoms with Crippen LogP contribution in [0, 0.1) is 13.8 Å². The van der Waals surface area contributed by atoms with E-state index in [1.54, 1.807) is 0 Å². The van der Waals surface area contributed by atoms with E-state index in [-0.39, 0.29) is 5.91 Å². The van der Waals surface area contributed by atoms with Crippen molar-refractivity contribution in [3.63, 3.8) is 0 Å². The fraction of sp³-hybridized carbons (Fsp3) is 0.100. The average Bonchev–Trinajstić information content (AvgIpc) is 2.88. The average molecular weight is 444 g/mol. The molecule has 0 saturated carbocycles. The summed E-state index contributed by atoms with van der Waals surface area (Å²) in [6, 6.07) is 32.0. The van der Waals surface area contributed by atoms with Crippen LogP contribution in [-0.2, 0) is 6.54 Å². The second-order valence-electron chi connectivity index (χ2n) is 8.52. The van der Waals surface area contributed by atoms with Crippen molar-refractivity contribution in [1.82, 2.24) is 15.3 Å². The number of amides is 1. The van der Waals surface area contributed by atoms with Gasteiger partial charge in [0.05, 0.1) is 22.4 Å². The number of hydrogen-bond acceptors (Lipinski definition) is 3. The molecule has 4 nitrogen and oxygen atoms in total. The highest BCUT2D eigenvalue weighted by Crippen LogP contribution is 2.31. The molecule has 0 aliphatic rings. The van der Waals surface area contributed by atoms with Crippen LogP contribution in [0.3, 0.4) is 0 Å². The van der Waals surface area contributed by atoms with Crippen molar-refractivity contribution in [3.05, 3.63) is 119 Å². The first-order valence-corrected chi connectivity index (χ1v) is 11.3. The molecule has 0 saturated heterocycles. The Morgan fingerprint density at radius 3 is 1.82 bits per heavy atom. The molecule has 1 heterocycles. The first-order valence-electron chi connectivity index (χ1n) is 11.3. The zero-order valence-electron chi connectivity index (χ0n) is 19.2. The Labute approximate surface area is 199 Å². The lowest BCUT2D eigenvalue weighted by molar-refractivity contribution is 0.0951. The predicted octanol–water partition coefficient (Wildman–Crippen LogP) is 6.51. The maximum atomic E-state index is 12.8. The highest BCUT2D eigenvalue weighted by molar-refractivity contribution is 5.98. The van der Waals surface area contributed by atoms with Crippen LogP contribution in [0.1, 0.15) is 27.0 Å². The van der Waals surface area contributed by atoms with Crippen molar-refractivity contribution in [1.29, 1.82) is 0 Å². The SMILES string of the molecule is Cc1ccc(-c2nc3ccc(C(=O)NCc4ccccc4)cc3nc2-c2ccc(C)cc2)cc1. The molecule has 1 N–H and O–H groups in total. The summed E-state index contributed by atoms with van der Waals surface area (Å²) in [5.41, 5.74) is 9.10. The molecule has 1 amide bonds. The standard InChI is InChI=1S/C30H25N3O/c1-20-8-12-23(13-9-20)28-29(24-14-10-21(2)11-15-24)33-27-18-25(16-17-26(27)32-28)30(34)31-19-22-6-4-3-5-7-22/h3-18H,19H2,1-2H3,(H,31,34). The molecule has 0 bridgehead atoms. The van der Waals surface area contributed by atoms with E-state index in [9.17, 15) is 4.79 Å². The van der Waals surface area contributed by atoms with Gasteiger partial charge in [-0.25, -0.2) is 9.97 Å². The Morgan fingerprint density at radius 1 is 0.676 bits per heavy atom. The van der Waals surface area contributed by atoms with E-state index in [2.05, 4.69) is 67.7 Å². The van der Waals surface area contributed by atoms with Crippen LogP contribution in [0.25, 0.3) is 33.5 Å². The van der Waals surface area contributed by atoms with Crippen LogP contribution in [0.4, 0.5) is 0 Å². The quantitative estimate of drug-likeness (QED) is 0.337. The van der Waals surface area contributed by atoms with Crippen LogP contribution in [0.15, 0.2) is 97.1 Å². The van der Waals surface area contributed by atoms with E-state index in [1.807, 2.05) is 48.5 Å². The first kappa shape index (κ1) is 21.5. The third kappa shape index (κ3) is 4.57. The van der Waals surface area contributed by atoms with Gasteiger partial charge >= 0.3 is 0 Å². The molecule has 166 valence electrons. The van der Waals surface area contributed by atoms with Crippen LogP contribution in [-0.4, -0.2) is 15.9 Å². The summed E-state index contributed by atoms with van der Waals surface area (Å²) < 4.78 is 0. The van der Waals surface area contributed by atoms with Gasteiger partial charge in [-0.15, -0.1) is 0 Å². The van der Waals surface area contributed by atoms with Gasteiger partial charge in [0.2, 0.25) is 0 Å². The van der Waals surface area contributed by atoms with Crippen LogP contribution in [0.5, 0.6) is 0 Å². The van der Waals surface area contributed by atoms with Crippen molar-refractivity contribution >= 4 is 16.9 Å². The Morgan fingerprint density at radius 2 is 1.24 bits per heavy atom. The summed E-state index contributed by atoms with van der Waals surface area (Å²) in [5, 5.41) is 2.99. The lowest BCUT2D eigenvalue weighted by Crippen LogP contribution is -2.22. The number of nitrogens with one attached hydrogen (secondary N) is 1. The van der Waals surface area contributed by atoms with E-state index in [0.717, 1.165) is 33.6 Å². The Kier molecular flexibility index (Phi) is 5.88. The van der Waals surface area contributed by atoms with Gasteiger partial charge in [0.25, 0.3) is 5.91 Å². The van der Waals surface area contributed by atoms with Gasteiger partial charge in [-0.3, -0.25) is 4.79 Å². The largest absolute Gasteiger partial charge is 0.348 e. The van der Waals surface area contributed by atoms with Crippen molar-refractivity contribution in [2.24, 2.45) is 0 Å². The third-order valence-corrected chi connectivity index (χ3v) is 5.87. The van der Waals surface area contributed by atoms with Crippen LogP contribution >= 0.6 is 0 Å². The first-order chi connectivity index (χ1) is 16.6. The van der Waals surface area contributed by atoms with Crippen molar-refractivity contribution in [2.75, 3.05) is 0 Å². The number of carbonyl (C=O) groups excluding carboxylic acids is 1. The number of benzene rings is 4. The molecule has 0 aliphatic heterocycles. The number of aryl methyl sites for hydroxylation is 2. The minimum atomic E-state index is -0.132.